The van der Waals surface area contributed by atoms with Crippen molar-refractivity contribution in [2.45, 2.75) is 181 Å². The summed E-state index contributed by atoms with van der Waals surface area (Å²) in [6.45, 7) is 14.8. The normalized spacial score (nSPS) is 16.7. The number of hydrogen-bond acceptors (Lipinski definition) is 15. The lowest BCUT2D eigenvalue weighted by Crippen LogP contribution is -2.56. The van der Waals surface area contributed by atoms with Crippen LogP contribution in [0.25, 0.3) is 0 Å². The Bertz CT molecular complexity index is 2470. The number of carbonyl (C=O) groups excluding carboxylic acids is 9. The summed E-state index contributed by atoms with van der Waals surface area (Å²) in [5.41, 5.74) is 6.79. The van der Waals surface area contributed by atoms with E-state index < -0.39 is 109 Å². The second kappa shape index (κ2) is 37.6. The molecule has 25 nitrogen and oxygen atoms in total. The molecule has 0 aliphatic carbocycles. The maximum atomic E-state index is 14.3. The summed E-state index contributed by atoms with van der Waals surface area (Å²) >= 11 is 0. The number of likely N-dealkylation sites (tertiary alicyclic amines) is 1. The summed E-state index contributed by atoms with van der Waals surface area (Å²) in [6, 6.07) is 10.1. The number of benzene rings is 2. The van der Waals surface area contributed by atoms with E-state index in [1.807, 2.05) is 32.0 Å². The molecule has 1 aliphatic heterocycles. The number of hydrogen-bond donors (Lipinski definition) is 9. The van der Waals surface area contributed by atoms with Crippen molar-refractivity contribution in [3.8, 4) is 0 Å². The van der Waals surface area contributed by atoms with Crippen molar-refractivity contribution >= 4 is 59.2 Å². The molecule has 0 saturated carbocycles. The number of aliphatic hydroxyl groups excluding tert-OH is 1. The highest BCUT2D eigenvalue weighted by atomic mass is 16.6. The number of carbonyl (C=O) groups is 9. The van der Waals surface area contributed by atoms with Crippen LogP contribution in [0.1, 0.15) is 137 Å². The van der Waals surface area contributed by atoms with Gasteiger partial charge in [0.05, 0.1) is 61.9 Å². The molecule has 11 atom stereocenters. The molecule has 2 unspecified atom stereocenters. The Kier molecular flexibility index (Phi) is 32.0. The highest BCUT2D eigenvalue weighted by Crippen LogP contribution is 2.30. The van der Waals surface area contributed by atoms with Crippen LogP contribution in [0.2, 0.25) is 0 Å². The zero-order chi connectivity index (χ0) is 64.2. The van der Waals surface area contributed by atoms with Crippen LogP contribution in [0.4, 0.5) is 15.3 Å². The Hall–Kier alpha value is -6.93. The van der Waals surface area contributed by atoms with Gasteiger partial charge in [0.15, 0.2) is 0 Å². The molecule has 86 heavy (non-hydrogen) atoms. The fourth-order valence-corrected chi connectivity index (χ4v) is 10.8. The molecular formula is C61H99N11O14. The fourth-order valence-electron chi connectivity index (χ4n) is 10.8. The molecule has 0 aromatic heterocycles. The van der Waals surface area contributed by atoms with Crippen LogP contribution in [-0.2, 0) is 59.2 Å². The van der Waals surface area contributed by atoms with E-state index in [0.29, 0.717) is 68.5 Å². The lowest BCUT2D eigenvalue weighted by Gasteiger charge is -2.39. The predicted octanol–water partition coefficient (Wildman–Crippen LogP) is 4.02. The number of likely N-dealkylation sites (N-methyl/N-ethyl adjacent to an activating group) is 2. The van der Waals surface area contributed by atoms with Gasteiger partial charge in [-0.1, -0.05) is 104 Å². The minimum Gasteiger partial charge on any atom is -0.445 e. The van der Waals surface area contributed by atoms with Crippen LogP contribution >= 0.6 is 0 Å². The lowest BCUT2D eigenvalue weighted by atomic mass is 9.90. The number of amides is 10. The van der Waals surface area contributed by atoms with Crippen LogP contribution in [0, 0.1) is 23.7 Å². The van der Waals surface area contributed by atoms with E-state index in [9.17, 15) is 48.3 Å². The largest absolute Gasteiger partial charge is 0.445 e. The highest BCUT2D eigenvalue weighted by Gasteiger charge is 2.43. The number of rotatable bonds is 37. The monoisotopic (exact) mass is 1210 g/mol. The number of methoxy groups -OCH3 is 2. The SMILES string of the molecule is CC[C@H](C)[C@@H]([C@@H](CC(=O)N1CCC[C@H]1[C@H](OC)[C@@H](C)C(=O)N[C@H](C)[C@@H](O)c1ccccc1)OC)N(C)C(=O)CNC(=O)C(C(C)C)N(C)C(=O)OCc1ccc(NC(=O)[C@H](CCCNC(N)=O)NC(=O)C(NC(=O)CCCCCON)C(C)C)cc1. The third-order valence-electron chi connectivity index (χ3n) is 15.9. The van der Waals surface area contributed by atoms with Gasteiger partial charge in [-0.3, -0.25) is 38.5 Å². The van der Waals surface area contributed by atoms with Crippen LogP contribution in [-0.4, -0.2) is 176 Å². The summed E-state index contributed by atoms with van der Waals surface area (Å²) in [4.78, 5) is 130. The molecule has 11 N–H and O–H groups in total. The molecule has 0 radical (unpaired) electrons. The Labute approximate surface area is 507 Å². The van der Waals surface area contributed by atoms with Crippen molar-refractivity contribution in [2.75, 3.05) is 59.9 Å². The third kappa shape index (κ3) is 23.1. The highest BCUT2D eigenvalue weighted by molar-refractivity contribution is 5.98. The van der Waals surface area contributed by atoms with Crippen LogP contribution in [0.15, 0.2) is 54.6 Å². The zero-order valence-corrected chi connectivity index (χ0v) is 52.6. The topological polar surface area (TPSA) is 345 Å². The van der Waals surface area contributed by atoms with Crippen LogP contribution < -0.4 is 43.5 Å². The van der Waals surface area contributed by atoms with E-state index in [1.165, 1.54) is 26.2 Å². The molecule has 2 aromatic rings. The van der Waals surface area contributed by atoms with Crippen molar-refractivity contribution < 1.29 is 67.3 Å². The van der Waals surface area contributed by atoms with Crippen LogP contribution in [0.5, 0.6) is 0 Å². The second-order valence-corrected chi connectivity index (χ2v) is 23.0. The Morgan fingerprint density at radius 1 is 0.767 bits per heavy atom. The molecule has 2 aromatic carbocycles. The van der Waals surface area contributed by atoms with E-state index in [-0.39, 0.29) is 68.4 Å². The molecule has 0 bridgehead atoms. The van der Waals surface area contributed by atoms with Gasteiger partial charge in [-0.05, 0) is 86.5 Å². The van der Waals surface area contributed by atoms with Gasteiger partial charge in [-0.15, -0.1) is 0 Å². The number of anilines is 1. The summed E-state index contributed by atoms with van der Waals surface area (Å²) < 4.78 is 17.5. The van der Waals surface area contributed by atoms with E-state index in [1.54, 1.807) is 89.9 Å². The van der Waals surface area contributed by atoms with Gasteiger partial charge in [0, 0.05) is 53.5 Å². The molecule has 1 heterocycles. The molecule has 482 valence electrons. The van der Waals surface area contributed by atoms with E-state index >= 15 is 0 Å². The predicted molar refractivity (Wildman–Crippen MR) is 324 cm³/mol. The van der Waals surface area contributed by atoms with Crippen molar-refractivity contribution in [3.63, 3.8) is 0 Å². The van der Waals surface area contributed by atoms with Crippen LogP contribution in [0.3, 0.4) is 0 Å². The van der Waals surface area contributed by atoms with Gasteiger partial charge in [-0.2, -0.15) is 0 Å². The quantitative estimate of drug-likeness (QED) is 0.0341. The van der Waals surface area contributed by atoms with Gasteiger partial charge < -0.3 is 71.6 Å². The van der Waals surface area contributed by atoms with Gasteiger partial charge >= 0.3 is 12.1 Å². The average Bonchev–Trinajstić information content (AvgIpc) is 2.87. The fraction of sp³-hybridized carbons (Fsp3) is 0.656. The number of primary amides is 1. The first-order valence-corrected chi connectivity index (χ1v) is 30.0. The van der Waals surface area contributed by atoms with Gasteiger partial charge in [0.2, 0.25) is 41.4 Å². The molecule has 1 aliphatic rings. The first-order chi connectivity index (χ1) is 40.8. The molecule has 1 saturated heterocycles. The van der Waals surface area contributed by atoms with Crippen molar-refractivity contribution in [1.82, 2.24) is 41.3 Å². The Balaban J connectivity index is 1.62. The number of aliphatic hydroxyl groups is 1. The number of ether oxygens (including phenoxy) is 3. The van der Waals surface area contributed by atoms with Crippen molar-refractivity contribution in [1.29, 1.82) is 0 Å². The van der Waals surface area contributed by atoms with Gasteiger partial charge in [0.1, 0.15) is 24.7 Å². The molecule has 10 amide bonds. The summed E-state index contributed by atoms with van der Waals surface area (Å²) in [5.74, 6) is 0.483. The number of nitrogens with two attached hydrogens (primary N) is 2. The number of unbranched alkanes of at least 4 members (excludes halogenated alkanes) is 2. The van der Waals surface area contributed by atoms with Crippen molar-refractivity contribution in [3.05, 3.63) is 65.7 Å². The summed E-state index contributed by atoms with van der Waals surface area (Å²) in [5, 5.41) is 27.3. The molecular weight excluding hydrogens is 1110 g/mol. The van der Waals surface area contributed by atoms with Gasteiger partial charge in [-0.25, -0.2) is 15.5 Å². The standard InChI is InChI=1S/C61H99N11O14/c1-13-39(6)53(47(83-11)34-49(74)72-32-21-25-46(72)55(84-12)40(7)56(77)66-41(8)54(76)43-22-16-14-17-23-43)70(9)50(75)35-65-59(80)52(38(4)5)71(10)61(82)85-36-42-27-29-44(30-28-42)67-57(78)45(24-20-31-64-60(62)81)68-58(79)51(37(2)3)69-48(73)26-18-15-19-33-86-63/h14,16-17,22-23,27-30,37-41,45-47,51-55,76H,13,15,18-21,24-26,31-36,63H2,1-12H3,(H,65,80)(H,66,77)(H,67,78)(H,68,79)(H,69,73)(H3,62,64,81)/t39-,40+,41+,45-,46-,47+,51?,52?,53-,54+,55+/m0/s1. The molecule has 3 rings (SSSR count). The third-order valence-corrected chi connectivity index (χ3v) is 15.9. The molecule has 25 heteroatoms. The minimum atomic E-state index is -1.07. The maximum absolute atomic E-state index is 14.3. The lowest BCUT2D eigenvalue weighted by molar-refractivity contribution is -0.146. The second-order valence-electron chi connectivity index (χ2n) is 23.0. The Morgan fingerprint density at radius 2 is 1.44 bits per heavy atom. The average molecular weight is 1210 g/mol. The number of urea groups is 1. The first-order valence-electron chi connectivity index (χ1n) is 30.0. The smallest absolute Gasteiger partial charge is 0.410 e. The zero-order valence-electron chi connectivity index (χ0n) is 52.6. The van der Waals surface area contributed by atoms with Crippen molar-refractivity contribution in [2.24, 2.45) is 35.3 Å². The maximum Gasteiger partial charge on any atom is 0.410 e. The number of nitrogens with zero attached hydrogens (tertiary/aromatic N) is 3. The van der Waals surface area contributed by atoms with E-state index in [4.69, 9.17) is 25.8 Å². The summed E-state index contributed by atoms with van der Waals surface area (Å²) in [6.07, 6.45) is 1.25. The molecule has 1 fully saturated rings. The summed E-state index contributed by atoms with van der Waals surface area (Å²) in [7, 11) is 6.03. The number of nitrogens with one attached hydrogen (secondary N) is 6. The minimum absolute atomic E-state index is 0.0775. The molecule has 0 spiro atoms. The Morgan fingerprint density at radius 3 is 2.03 bits per heavy atom. The first kappa shape index (κ1) is 73.3. The van der Waals surface area contributed by atoms with E-state index in [0.717, 1.165) is 4.90 Å². The van der Waals surface area contributed by atoms with E-state index in [2.05, 4.69) is 36.7 Å². The van der Waals surface area contributed by atoms with Gasteiger partial charge in [0.25, 0.3) is 0 Å².